The standard InChI is InChI=1S/C16H14O3/c1-2-10-18-13-9-8-12(15-16(13)19-15)14(17)11-6-4-3-5-7-11/h3-9H,2,10H2,1H3. The molecule has 19 heavy (non-hydrogen) atoms. The Morgan fingerprint density at radius 1 is 1.11 bits per heavy atom. The number of hydrogen-bond acceptors (Lipinski definition) is 3. The Bertz CT molecular complexity index is 617. The Morgan fingerprint density at radius 3 is 2.63 bits per heavy atom. The summed E-state index contributed by atoms with van der Waals surface area (Å²) in [5.41, 5.74) is 1.27. The Morgan fingerprint density at radius 2 is 1.89 bits per heavy atom. The number of fused-ring (bicyclic) bond motifs is 1. The van der Waals surface area contributed by atoms with E-state index in [0.29, 0.717) is 29.2 Å². The van der Waals surface area contributed by atoms with Gasteiger partial charge in [0.1, 0.15) is 0 Å². The highest BCUT2D eigenvalue weighted by atomic mass is 16.6. The normalized spacial score (nSPS) is 11.4. The third-order valence-electron chi connectivity index (χ3n) is 2.98. The molecule has 1 aliphatic heterocycles. The Hall–Kier alpha value is -2.29. The zero-order valence-corrected chi connectivity index (χ0v) is 10.7. The van der Waals surface area contributed by atoms with E-state index >= 15 is 0 Å². The van der Waals surface area contributed by atoms with Gasteiger partial charge in [0.2, 0.25) is 5.75 Å². The van der Waals surface area contributed by atoms with Gasteiger partial charge in [-0.15, -0.1) is 0 Å². The van der Waals surface area contributed by atoms with E-state index in [1.807, 2.05) is 25.1 Å². The van der Waals surface area contributed by atoms with E-state index in [9.17, 15) is 4.79 Å². The third kappa shape index (κ3) is 2.19. The molecule has 3 heteroatoms. The molecule has 0 saturated carbocycles. The quantitative estimate of drug-likeness (QED) is 0.513. The first-order valence-electron chi connectivity index (χ1n) is 6.38. The molecule has 96 valence electrons. The van der Waals surface area contributed by atoms with Crippen molar-refractivity contribution in [3.8, 4) is 17.2 Å². The lowest BCUT2D eigenvalue weighted by Crippen LogP contribution is -1.99. The van der Waals surface area contributed by atoms with E-state index in [4.69, 9.17) is 9.47 Å². The summed E-state index contributed by atoms with van der Waals surface area (Å²) in [6, 6.07) is 12.8. The third-order valence-corrected chi connectivity index (χ3v) is 2.98. The van der Waals surface area contributed by atoms with E-state index < -0.39 is 0 Å². The predicted molar refractivity (Wildman–Crippen MR) is 72.2 cm³/mol. The Kier molecular flexibility index (Phi) is 2.95. The second kappa shape index (κ2) is 4.76. The fourth-order valence-electron chi connectivity index (χ4n) is 1.98. The van der Waals surface area contributed by atoms with Crippen molar-refractivity contribution in [2.75, 3.05) is 6.61 Å². The molecule has 0 spiro atoms. The maximum absolute atomic E-state index is 12.3. The van der Waals surface area contributed by atoms with Gasteiger partial charge in [0.05, 0.1) is 12.2 Å². The summed E-state index contributed by atoms with van der Waals surface area (Å²) >= 11 is 0. The van der Waals surface area contributed by atoms with Crippen molar-refractivity contribution in [3.63, 3.8) is 0 Å². The number of rotatable bonds is 5. The molecule has 0 N–H and O–H groups in total. The van der Waals surface area contributed by atoms with Gasteiger partial charge in [0.15, 0.2) is 17.3 Å². The molecular formula is C16H14O3. The molecule has 0 bridgehead atoms. The maximum Gasteiger partial charge on any atom is 0.212 e. The van der Waals surface area contributed by atoms with Crippen LogP contribution in [0.1, 0.15) is 29.3 Å². The van der Waals surface area contributed by atoms with Gasteiger partial charge in [-0.1, -0.05) is 37.3 Å². The molecule has 0 atom stereocenters. The molecule has 0 radical (unpaired) electrons. The van der Waals surface area contributed by atoms with Crippen LogP contribution in [0.5, 0.6) is 17.2 Å². The first-order valence-corrected chi connectivity index (χ1v) is 6.38. The van der Waals surface area contributed by atoms with Crippen molar-refractivity contribution >= 4 is 5.78 Å². The van der Waals surface area contributed by atoms with Gasteiger partial charge in [-0.05, 0) is 18.6 Å². The van der Waals surface area contributed by atoms with Crippen LogP contribution in [0.15, 0.2) is 42.5 Å². The summed E-state index contributed by atoms with van der Waals surface area (Å²) in [4.78, 5) is 12.3. The van der Waals surface area contributed by atoms with Gasteiger partial charge in [-0.25, -0.2) is 0 Å². The topological polar surface area (TPSA) is 38.8 Å². The van der Waals surface area contributed by atoms with Crippen molar-refractivity contribution in [3.05, 3.63) is 53.6 Å². The van der Waals surface area contributed by atoms with Crippen molar-refractivity contribution in [2.24, 2.45) is 0 Å². The molecule has 0 fully saturated rings. The molecule has 1 heterocycles. The summed E-state index contributed by atoms with van der Waals surface area (Å²) in [5.74, 6) is 2.07. The lowest BCUT2D eigenvalue weighted by atomic mass is 10.0. The summed E-state index contributed by atoms with van der Waals surface area (Å²) in [5, 5.41) is 0. The highest BCUT2D eigenvalue weighted by Crippen LogP contribution is 2.55. The van der Waals surface area contributed by atoms with Crippen LogP contribution in [-0.2, 0) is 0 Å². The first kappa shape index (κ1) is 11.8. The van der Waals surface area contributed by atoms with Crippen LogP contribution in [0, 0.1) is 0 Å². The molecule has 3 nitrogen and oxygen atoms in total. The predicted octanol–water partition coefficient (Wildman–Crippen LogP) is 3.81. The van der Waals surface area contributed by atoms with E-state index in [0.717, 1.165) is 12.2 Å². The van der Waals surface area contributed by atoms with Crippen molar-refractivity contribution < 1.29 is 14.3 Å². The van der Waals surface area contributed by atoms with Crippen LogP contribution in [0.3, 0.4) is 0 Å². The van der Waals surface area contributed by atoms with Crippen molar-refractivity contribution in [1.82, 2.24) is 0 Å². The molecular weight excluding hydrogens is 240 g/mol. The molecule has 0 aliphatic carbocycles. The Labute approximate surface area is 111 Å². The average molecular weight is 254 g/mol. The van der Waals surface area contributed by atoms with Gasteiger partial charge in [-0.3, -0.25) is 4.79 Å². The molecule has 2 aromatic carbocycles. The highest BCUT2D eigenvalue weighted by molar-refractivity contribution is 6.12. The molecule has 0 unspecified atom stereocenters. The van der Waals surface area contributed by atoms with Crippen LogP contribution in [-0.4, -0.2) is 12.4 Å². The zero-order valence-electron chi connectivity index (χ0n) is 10.7. The minimum Gasteiger partial charge on any atom is -0.490 e. The second-order valence-corrected chi connectivity index (χ2v) is 4.42. The van der Waals surface area contributed by atoms with Gasteiger partial charge >= 0.3 is 0 Å². The van der Waals surface area contributed by atoms with Crippen LogP contribution in [0.2, 0.25) is 0 Å². The molecule has 0 amide bonds. The second-order valence-electron chi connectivity index (χ2n) is 4.42. The zero-order chi connectivity index (χ0) is 13.2. The molecule has 3 rings (SSSR count). The van der Waals surface area contributed by atoms with Crippen molar-refractivity contribution in [2.45, 2.75) is 13.3 Å². The van der Waals surface area contributed by atoms with E-state index in [1.165, 1.54) is 0 Å². The minimum absolute atomic E-state index is 0.0172. The SMILES string of the molecule is CCCOc1ccc(C(=O)c2ccccc2)c2c1O2. The van der Waals surface area contributed by atoms with E-state index in [-0.39, 0.29) is 5.78 Å². The highest BCUT2D eigenvalue weighted by Gasteiger charge is 2.33. The lowest BCUT2D eigenvalue weighted by Gasteiger charge is -2.02. The van der Waals surface area contributed by atoms with Gasteiger partial charge in [-0.2, -0.15) is 0 Å². The van der Waals surface area contributed by atoms with Gasteiger partial charge in [0.25, 0.3) is 0 Å². The summed E-state index contributed by atoms with van der Waals surface area (Å²) in [7, 11) is 0. The molecule has 0 saturated heterocycles. The summed E-state index contributed by atoms with van der Waals surface area (Å²) < 4.78 is 10.9. The number of carbonyl (C=O) groups excluding carboxylic acids is 1. The molecule has 2 aromatic rings. The van der Waals surface area contributed by atoms with Crippen LogP contribution >= 0.6 is 0 Å². The number of benzene rings is 2. The first-order chi connectivity index (χ1) is 9.31. The van der Waals surface area contributed by atoms with Crippen molar-refractivity contribution in [1.29, 1.82) is 0 Å². The smallest absolute Gasteiger partial charge is 0.212 e. The maximum atomic E-state index is 12.3. The number of carbonyl (C=O) groups is 1. The fraction of sp³-hybridized carbons (Fsp3) is 0.188. The van der Waals surface area contributed by atoms with Gasteiger partial charge in [0, 0.05) is 5.56 Å². The largest absolute Gasteiger partial charge is 0.490 e. The van der Waals surface area contributed by atoms with Crippen LogP contribution < -0.4 is 9.47 Å². The van der Waals surface area contributed by atoms with Gasteiger partial charge < -0.3 is 9.47 Å². The van der Waals surface area contributed by atoms with Crippen LogP contribution in [0.25, 0.3) is 0 Å². The average Bonchev–Trinajstić information content (AvgIpc) is 3.25. The number of ether oxygens (including phenoxy) is 2. The van der Waals surface area contributed by atoms with Crippen LogP contribution in [0.4, 0.5) is 0 Å². The summed E-state index contributed by atoms with van der Waals surface area (Å²) in [6.45, 7) is 2.70. The monoisotopic (exact) mass is 254 g/mol. The summed E-state index contributed by atoms with van der Waals surface area (Å²) in [6.07, 6.45) is 0.944. The minimum atomic E-state index is -0.0172. The Balaban J connectivity index is 1.87. The van der Waals surface area contributed by atoms with E-state index in [2.05, 4.69) is 0 Å². The van der Waals surface area contributed by atoms with E-state index in [1.54, 1.807) is 24.3 Å². The molecule has 1 aliphatic rings. The number of hydrogen-bond donors (Lipinski definition) is 0. The molecule has 0 aromatic heterocycles. The fourth-order valence-corrected chi connectivity index (χ4v) is 1.98. The number of ketones is 1. The lowest BCUT2D eigenvalue weighted by molar-refractivity contribution is 0.103.